The van der Waals surface area contributed by atoms with Crippen molar-refractivity contribution in [3.8, 4) is 5.75 Å². The Kier molecular flexibility index (Phi) is 8.47. The summed E-state index contributed by atoms with van der Waals surface area (Å²) < 4.78 is 20.6. The van der Waals surface area contributed by atoms with Crippen molar-refractivity contribution in [2.75, 3.05) is 32.5 Å². The number of piperidine rings is 1. The lowest BCUT2D eigenvalue weighted by atomic mass is 9.81. The number of rotatable bonds is 11. The number of carboxylic acid groups (broad SMARTS) is 1. The Hall–Kier alpha value is -1.86. The maximum atomic E-state index is 15.3. The van der Waals surface area contributed by atoms with Gasteiger partial charge in [0.25, 0.3) is 0 Å². The normalized spacial score (nSPS) is 22.7. The number of fused-ring (bicyclic) bond motifs is 1. The van der Waals surface area contributed by atoms with E-state index in [4.69, 9.17) is 4.74 Å². The third-order valence-electron chi connectivity index (χ3n) is 7.29. The molecule has 2 fully saturated rings. The fourth-order valence-electron chi connectivity index (χ4n) is 5.03. The van der Waals surface area contributed by atoms with Gasteiger partial charge in [-0.2, -0.15) is 11.8 Å². The third kappa shape index (κ3) is 6.18. The second-order valence-electron chi connectivity index (χ2n) is 9.40. The summed E-state index contributed by atoms with van der Waals surface area (Å²) in [7, 11) is 1.59. The molecule has 1 aliphatic carbocycles. The number of aromatic nitrogens is 1. The zero-order valence-electron chi connectivity index (χ0n) is 19.4. The number of nitrogens with zero attached hydrogens (tertiary/aromatic N) is 2. The maximum absolute atomic E-state index is 15.3. The van der Waals surface area contributed by atoms with E-state index in [0.717, 1.165) is 47.8 Å². The zero-order chi connectivity index (χ0) is 23.2. The molecule has 1 saturated carbocycles. The Morgan fingerprint density at radius 3 is 2.91 bits per heavy atom. The van der Waals surface area contributed by atoms with E-state index in [-0.39, 0.29) is 5.92 Å². The van der Waals surface area contributed by atoms with Gasteiger partial charge in [-0.05, 0) is 93.1 Å². The van der Waals surface area contributed by atoms with Gasteiger partial charge >= 0.3 is 5.97 Å². The van der Waals surface area contributed by atoms with Crippen LogP contribution in [-0.2, 0) is 4.79 Å². The number of hydrogen-bond donors (Lipinski definition) is 1. The van der Waals surface area contributed by atoms with Crippen LogP contribution in [0.15, 0.2) is 30.5 Å². The minimum Gasteiger partial charge on any atom is -0.497 e. The number of likely N-dealkylation sites (tertiary alicyclic amines) is 1. The average molecular weight is 475 g/mol. The summed E-state index contributed by atoms with van der Waals surface area (Å²) in [6.45, 7) is 2.46. The number of thioether (sulfide) groups is 1. The Balaban J connectivity index is 1.31. The van der Waals surface area contributed by atoms with E-state index in [1.807, 2.05) is 18.2 Å². The predicted octanol–water partition coefficient (Wildman–Crippen LogP) is 5.73. The molecule has 0 spiro atoms. The molecule has 2 aliphatic rings. The first-order valence-corrected chi connectivity index (χ1v) is 13.2. The molecule has 4 rings (SSSR count). The quantitative estimate of drug-likeness (QED) is 0.420. The van der Waals surface area contributed by atoms with E-state index in [1.54, 1.807) is 19.4 Å². The summed E-state index contributed by atoms with van der Waals surface area (Å²) in [6, 6.07) is 7.21. The van der Waals surface area contributed by atoms with Gasteiger partial charge in [0.15, 0.2) is 0 Å². The summed E-state index contributed by atoms with van der Waals surface area (Å²) in [5, 5.41) is 11.5. The van der Waals surface area contributed by atoms with Crippen LogP contribution in [0.25, 0.3) is 10.9 Å². The second kappa shape index (κ2) is 11.5. The number of carboxylic acids is 1. The molecule has 3 atom stereocenters. The fourth-order valence-corrected chi connectivity index (χ4v) is 6.33. The maximum Gasteiger partial charge on any atom is 0.308 e. The van der Waals surface area contributed by atoms with Crippen molar-refractivity contribution in [1.29, 1.82) is 0 Å². The molecule has 1 aromatic carbocycles. The SMILES string of the molecule is COc1ccc2nccc([C@@H](F)CC[C@@H]3CCN(CCCSC4CCC4)C[C@@H]3C(=O)O)c2c1. The van der Waals surface area contributed by atoms with Gasteiger partial charge in [0.2, 0.25) is 0 Å². The first-order valence-electron chi connectivity index (χ1n) is 12.2. The molecule has 180 valence electrons. The van der Waals surface area contributed by atoms with Crippen molar-refractivity contribution in [3.05, 3.63) is 36.0 Å². The van der Waals surface area contributed by atoms with Gasteiger partial charge < -0.3 is 14.7 Å². The van der Waals surface area contributed by atoms with Gasteiger partial charge in [0.05, 0.1) is 18.5 Å². The van der Waals surface area contributed by atoms with Crippen LogP contribution < -0.4 is 4.74 Å². The largest absolute Gasteiger partial charge is 0.497 e. The van der Waals surface area contributed by atoms with Gasteiger partial charge in [-0.1, -0.05) is 6.42 Å². The van der Waals surface area contributed by atoms with E-state index in [0.29, 0.717) is 30.7 Å². The molecule has 0 radical (unpaired) electrons. The van der Waals surface area contributed by atoms with Gasteiger partial charge in [0.1, 0.15) is 11.9 Å². The smallest absolute Gasteiger partial charge is 0.308 e. The molecule has 5 nitrogen and oxygen atoms in total. The first kappa shape index (κ1) is 24.3. The Bertz CT molecular complexity index is 939. The third-order valence-corrected chi connectivity index (χ3v) is 8.76. The van der Waals surface area contributed by atoms with Crippen LogP contribution >= 0.6 is 11.8 Å². The lowest BCUT2D eigenvalue weighted by Crippen LogP contribution is -2.44. The summed E-state index contributed by atoms with van der Waals surface area (Å²) in [4.78, 5) is 18.6. The lowest BCUT2D eigenvalue weighted by Gasteiger charge is -2.37. The van der Waals surface area contributed by atoms with Crippen molar-refractivity contribution in [3.63, 3.8) is 0 Å². The van der Waals surface area contributed by atoms with Crippen molar-refractivity contribution < 1.29 is 19.0 Å². The molecule has 0 bridgehead atoms. The molecule has 2 heterocycles. The lowest BCUT2D eigenvalue weighted by molar-refractivity contribution is -0.146. The van der Waals surface area contributed by atoms with Crippen molar-refractivity contribution in [1.82, 2.24) is 9.88 Å². The molecule has 0 amide bonds. The minimum atomic E-state index is -1.15. The zero-order valence-corrected chi connectivity index (χ0v) is 20.2. The number of ether oxygens (including phenoxy) is 1. The highest BCUT2D eigenvalue weighted by Crippen LogP contribution is 2.36. The van der Waals surface area contributed by atoms with E-state index in [2.05, 4.69) is 21.6 Å². The minimum absolute atomic E-state index is 0.0176. The molecular formula is C26H35FN2O3S. The molecule has 1 saturated heterocycles. The molecule has 33 heavy (non-hydrogen) atoms. The Morgan fingerprint density at radius 2 is 2.18 bits per heavy atom. The van der Waals surface area contributed by atoms with Crippen LogP contribution in [0.4, 0.5) is 4.39 Å². The van der Waals surface area contributed by atoms with Crippen molar-refractivity contribution >= 4 is 28.6 Å². The van der Waals surface area contributed by atoms with Crippen LogP contribution in [0.5, 0.6) is 5.75 Å². The highest BCUT2D eigenvalue weighted by atomic mass is 32.2. The summed E-state index contributed by atoms with van der Waals surface area (Å²) in [5.41, 5.74) is 1.34. The van der Waals surface area contributed by atoms with Gasteiger partial charge in [-0.15, -0.1) is 0 Å². The van der Waals surface area contributed by atoms with E-state index in [1.165, 1.54) is 19.3 Å². The molecule has 7 heteroatoms. The van der Waals surface area contributed by atoms with Gasteiger partial charge in [0, 0.05) is 23.4 Å². The fraction of sp³-hybridized carbons (Fsp3) is 0.615. The average Bonchev–Trinajstić information content (AvgIpc) is 2.80. The second-order valence-corrected chi connectivity index (χ2v) is 10.8. The molecule has 2 aromatic rings. The van der Waals surface area contributed by atoms with Crippen LogP contribution in [0, 0.1) is 11.8 Å². The number of pyridine rings is 1. The van der Waals surface area contributed by atoms with Crippen LogP contribution in [0.1, 0.15) is 56.7 Å². The molecule has 1 aromatic heterocycles. The van der Waals surface area contributed by atoms with Crippen LogP contribution in [0.2, 0.25) is 0 Å². The number of methoxy groups -OCH3 is 1. The summed E-state index contributed by atoms with van der Waals surface area (Å²) >= 11 is 2.07. The monoisotopic (exact) mass is 474 g/mol. The van der Waals surface area contributed by atoms with Crippen molar-refractivity contribution in [2.45, 2.75) is 56.4 Å². The Labute approximate surface area is 200 Å². The number of halogens is 1. The van der Waals surface area contributed by atoms with Crippen molar-refractivity contribution in [2.24, 2.45) is 11.8 Å². The molecule has 0 unspecified atom stereocenters. The predicted molar refractivity (Wildman–Crippen MR) is 132 cm³/mol. The number of hydrogen-bond acceptors (Lipinski definition) is 5. The highest BCUT2D eigenvalue weighted by molar-refractivity contribution is 7.99. The summed E-state index contributed by atoms with van der Waals surface area (Å²) in [6.07, 6.45) is 7.41. The van der Waals surface area contributed by atoms with E-state index >= 15 is 4.39 Å². The first-order chi connectivity index (χ1) is 16.0. The Morgan fingerprint density at radius 1 is 1.33 bits per heavy atom. The van der Waals surface area contributed by atoms with Crippen LogP contribution in [-0.4, -0.2) is 58.7 Å². The van der Waals surface area contributed by atoms with Gasteiger partial charge in [-0.3, -0.25) is 9.78 Å². The number of benzene rings is 1. The standard InChI is InChI=1S/C26H35FN2O3S/c1-32-19-7-9-25-22(16-19)21(10-12-28-25)24(27)8-6-18-11-14-29(17-23(18)26(30)31)13-3-15-33-20-4-2-5-20/h7,9-10,12,16,18,20,23-24H,2-6,8,11,13-15,17H2,1H3,(H,30,31)/t18-,23+,24+/m1/s1. The number of carbonyl (C=O) groups is 1. The number of alkyl halides is 1. The molecule has 1 N–H and O–H groups in total. The van der Waals surface area contributed by atoms with E-state index in [9.17, 15) is 9.90 Å². The number of aliphatic carboxylic acids is 1. The topological polar surface area (TPSA) is 62.7 Å². The molecule has 1 aliphatic heterocycles. The highest BCUT2D eigenvalue weighted by Gasteiger charge is 2.34. The van der Waals surface area contributed by atoms with E-state index < -0.39 is 18.1 Å². The molecular weight excluding hydrogens is 439 g/mol. The van der Waals surface area contributed by atoms with Gasteiger partial charge in [-0.25, -0.2) is 4.39 Å². The van der Waals surface area contributed by atoms with Crippen LogP contribution in [0.3, 0.4) is 0 Å². The summed E-state index contributed by atoms with van der Waals surface area (Å²) in [5.74, 6) is 0.691.